The van der Waals surface area contributed by atoms with Crippen LogP contribution in [0.3, 0.4) is 0 Å². The summed E-state index contributed by atoms with van der Waals surface area (Å²) >= 11 is 5.86. The van der Waals surface area contributed by atoms with Crippen LogP contribution in [0.1, 0.15) is 12.8 Å². The Morgan fingerprint density at radius 3 is 2.74 bits per heavy atom. The monoisotopic (exact) mass is 281 g/mol. The lowest BCUT2D eigenvalue weighted by Crippen LogP contribution is -2.38. The molecule has 1 saturated heterocycles. The SMILES string of the molecule is CN(CCNc1ccc(Cl)cc1)CC1CCCN1C. The second kappa shape index (κ2) is 7.13. The Morgan fingerprint density at radius 2 is 2.11 bits per heavy atom. The molecule has 1 aliphatic rings. The normalized spacial score (nSPS) is 20.1. The fourth-order valence-corrected chi connectivity index (χ4v) is 2.75. The van der Waals surface area contributed by atoms with E-state index in [9.17, 15) is 0 Å². The van der Waals surface area contributed by atoms with E-state index < -0.39 is 0 Å². The fourth-order valence-electron chi connectivity index (χ4n) is 2.62. The molecular formula is C15H24ClN3. The minimum absolute atomic E-state index is 0.737. The third-order valence-electron chi connectivity index (χ3n) is 3.86. The van der Waals surface area contributed by atoms with E-state index in [-0.39, 0.29) is 0 Å². The lowest BCUT2D eigenvalue weighted by atomic mass is 10.2. The second-order valence-electron chi connectivity index (χ2n) is 5.47. The first-order valence-corrected chi connectivity index (χ1v) is 7.41. The van der Waals surface area contributed by atoms with E-state index in [2.05, 4.69) is 29.2 Å². The summed E-state index contributed by atoms with van der Waals surface area (Å²) in [5.74, 6) is 0. The zero-order valence-corrected chi connectivity index (χ0v) is 12.7. The van der Waals surface area contributed by atoms with E-state index in [1.165, 1.54) is 25.9 Å². The van der Waals surface area contributed by atoms with E-state index in [0.29, 0.717) is 0 Å². The maximum Gasteiger partial charge on any atom is 0.0407 e. The van der Waals surface area contributed by atoms with Crippen LogP contribution in [0.5, 0.6) is 0 Å². The summed E-state index contributed by atoms with van der Waals surface area (Å²) in [5, 5.41) is 4.21. The Balaban J connectivity index is 1.66. The number of halogens is 1. The standard InChI is InChI=1S/C15H24ClN3/c1-18(12-15-4-3-10-19(15)2)11-9-17-14-7-5-13(16)6-8-14/h5-8,15,17H,3-4,9-12H2,1-2H3. The Bertz CT molecular complexity index is 379. The molecule has 3 nitrogen and oxygen atoms in total. The number of nitrogens with one attached hydrogen (secondary N) is 1. The minimum atomic E-state index is 0.737. The molecule has 0 spiro atoms. The van der Waals surface area contributed by atoms with E-state index >= 15 is 0 Å². The highest BCUT2D eigenvalue weighted by Gasteiger charge is 2.21. The molecule has 0 saturated carbocycles. The van der Waals surface area contributed by atoms with Gasteiger partial charge < -0.3 is 15.1 Å². The smallest absolute Gasteiger partial charge is 0.0407 e. The van der Waals surface area contributed by atoms with Crippen LogP contribution in [0.4, 0.5) is 5.69 Å². The van der Waals surface area contributed by atoms with Crippen molar-refractivity contribution >= 4 is 17.3 Å². The van der Waals surface area contributed by atoms with Crippen molar-refractivity contribution in [1.29, 1.82) is 0 Å². The van der Waals surface area contributed by atoms with Crippen LogP contribution < -0.4 is 5.32 Å². The summed E-state index contributed by atoms with van der Waals surface area (Å²) in [6.45, 7) is 4.45. The van der Waals surface area contributed by atoms with Crippen molar-refractivity contribution < 1.29 is 0 Å². The van der Waals surface area contributed by atoms with Crippen molar-refractivity contribution in [2.45, 2.75) is 18.9 Å². The Labute approximate surface area is 121 Å². The van der Waals surface area contributed by atoms with Crippen molar-refractivity contribution in [2.24, 2.45) is 0 Å². The van der Waals surface area contributed by atoms with Crippen molar-refractivity contribution in [3.63, 3.8) is 0 Å². The van der Waals surface area contributed by atoms with Crippen LogP contribution in [-0.4, -0.2) is 56.1 Å². The van der Waals surface area contributed by atoms with Crippen LogP contribution in [0, 0.1) is 0 Å². The number of anilines is 1. The number of nitrogens with zero attached hydrogens (tertiary/aromatic N) is 2. The molecule has 1 aliphatic heterocycles. The summed E-state index contributed by atoms with van der Waals surface area (Å²) < 4.78 is 0. The Kier molecular flexibility index (Phi) is 5.49. The predicted octanol–water partition coefficient (Wildman–Crippen LogP) is 2.78. The first-order valence-electron chi connectivity index (χ1n) is 7.03. The van der Waals surface area contributed by atoms with Gasteiger partial charge in [-0.2, -0.15) is 0 Å². The van der Waals surface area contributed by atoms with Crippen LogP contribution >= 0.6 is 11.6 Å². The first kappa shape index (κ1) is 14.6. The highest BCUT2D eigenvalue weighted by Crippen LogP contribution is 2.15. The molecule has 106 valence electrons. The zero-order valence-electron chi connectivity index (χ0n) is 11.9. The van der Waals surface area contributed by atoms with Gasteiger partial charge in [-0.15, -0.1) is 0 Å². The van der Waals surface area contributed by atoms with Gasteiger partial charge in [-0.25, -0.2) is 0 Å². The van der Waals surface area contributed by atoms with E-state index in [4.69, 9.17) is 11.6 Å². The molecule has 2 rings (SSSR count). The maximum absolute atomic E-state index is 5.86. The molecule has 0 aliphatic carbocycles. The van der Waals surface area contributed by atoms with Crippen molar-refractivity contribution in [2.75, 3.05) is 45.6 Å². The van der Waals surface area contributed by atoms with Crippen LogP contribution in [0.15, 0.2) is 24.3 Å². The van der Waals surface area contributed by atoms with Gasteiger partial charge in [0, 0.05) is 36.4 Å². The molecular weight excluding hydrogens is 258 g/mol. The van der Waals surface area contributed by atoms with Crippen molar-refractivity contribution in [3.05, 3.63) is 29.3 Å². The number of likely N-dealkylation sites (tertiary alicyclic amines) is 1. The zero-order chi connectivity index (χ0) is 13.7. The summed E-state index contributed by atoms with van der Waals surface area (Å²) in [6.07, 6.45) is 2.68. The maximum atomic E-state index is 5.86. The molecule has 4 heteroatoms. The van der Waals surface area contributed by atoms with E-state index in [0.717, 1.165) is 29.8 Å². The average molecular weight is 282 g/mol. The number of hydrogen-bond acceptors (Lipinski definition) is 3. The summed E-state index contributed by atoms with van der Waals surface area (Å²) in [4.78, 5) is 4.89. The third-order valence-corrected chi connectivity index (χ3v) is 4.11. The van der Waals surface area contributed by atoms with Gasteiger partial charge in [0.1, 0.15) is 0 Å². The number of benzene rings is 1. The van der Waals surface area contributed by atoms with Gasteiger partial charge in [0.05, 0.1) is 0 Å². The highest BCUT2D eigenvalue weighted by atomic mass is 35.5. The number of rotatable bonds is 6. The Hall–Kier alpha value is -0.770. The lowest BCUT2D eigenvalue weighted by molar-refractivity contribution is 0.224. The molecule has 1 N–H and O–H groups in total. The molecule has 19 heavy (non-hydrogen) atoms. The molecule has 1 fully saturated rings. The molecule has 1 heterocycles. The summed E-state index contributed by atoms with van der Waals surface area (Å²) in [7, 11) is 4.44. The first-order chi connectivity index (χ1) is 9.15. The predicted molar refractivity (Wildman–Crippen MR) is 83.1 cm³/mol. The topological polar surface area (TPSA) is 18.5 Å². The molecule has 0 aromatic heterocycles. The fraction of sp³-hybridized carbons (Fsp3) is 0.600. The summed E-state index contributed by atoms with van der Waals surface area (Å²) in [5.41, 5.74) is 1.13. The molecule has 1 aromatic carbocycles. The van der Waals surface area contributed by atoms with Crippen LogP contribution in [-0.2, 0) is 0 Å². The van der Waals surface area contributed by atoms with Crippen LogP contribution in [0.25, 0.3) is 0 Å². The van der Waals surface area contributed by atoms with Gasteiger partial charge in [-0.05, 0) is 57.7 Å². The third kappa shape index (κ3) is 4.68. The van der Waals surface area contributed by atoms with Gasteiger partial charge in [-0.3, -0.25) is 0 Å². The quantitative estimate of drug-likeness (QED) is 0.865. The second-order valence-corrected chi connectivity index (χ2v) is 5.91. The molecule has 1 aromatic rings. The summed E-state index contributed by atoms with van der Waals surface area (Å²) in [6, 6.07) is 8.61. The highest BCUT2D eigenvalue weighted by molar-refractivity contribution is 6.30. The molecule has 0 bridgehead atoms. The molecule has 1 unspecified atom stereocenters. The minimum Gasteiger partial charge on any atom is -0.384 e. The average Bonchev–Trinajstić information content (AvgIpc) is 2.78. The number of likely N-dealkylation sites (N-methyl/N-ethyl adjacent to an activating group) is 2. The molecule has 0 radical (unpaired) electrons. The molecule has 1 atom stereocenters. The lowest BCUT2D eigenvalue weighted by Gasteiger charge is -2.25. The van der Waals surface area contributed by atoms with Gasteiger partial charge in [0.25, 0.3) is 0 Å². The van der Waals surface area contributed by atoms with Crippen molar-refractivity contribution in [1.82, 2.24) is 9.80 Å². The largest absolute Gasteiger partial charge is 0.384 e. The number of hydrogen-bond donors (Lipinski definition) is 1. The van der Waals surface area contributed by atoms with Gasteiger partial charge in [-0.1, -0.05) is 11.6 Å². The van der Waals surface area contributed by atoms with Crippen LogP contribution in [0.2, 0.25) is 5.02 Å². The van der Waals surface area contributed by atoms with Gasteiger partial charge in [0.2, 0.25) is 0 Å². The van der Waals surface area contributed by atoms with Crippen molar-refractivity contribution in [3.8, 4) is 0 Å². The molecule has 0 amide bonds. The van der Waals surface area contributed by atoms with Gasteiger partial charge in [0.15, 0.2) is 0 Å². The Morgan fingerprint density at radius 1 is 1.37 bits per heavy atom. The van der Waals surface area contributed by atoms with E-state index in [1.54, 1.807) is 0 Å². The van der Waals surface area contributed by atoms with Gasteiger partial charge >= 0.3 is 0 Å². The van der Waals surface area contributed by atoms with E-state index in [1.807, 2.05) is 24.3 Å².